The molecule has 3 nitrogen and oxygen atoms in total. The molecule has 1 aromatic carbocycles. The van der Waals surface area contributed by atoms with Crippen LogP contribution in [0.25, 0.3) is 0 Å². The van der Waals surface area contributed by atoms with Gasteiger partial charge in [0.1, 0.15) is 6.29 Å². The van der Waals surface area contributed by atoms with Crippen LogP contribution in [0.15, 0.2) is 23.1 Å². The Morgan fingerprint density at radius 1 is 1.38 bits per heavy atom. The van der Waals surface area contributed by atoms with Gasteiger partial charge in [-0.05, 0) is 36.1 Å². The van der Waals surface area contributed by atoms with Crippen LogP contribution in [0.4, 0.5) is 0 Å². The van der Waals surface area contributed by atoms with Crippen molar-refractivity contribution in [1.29, 1.82) is 0 Å². The Morgan fingerprint density at radius 3 is 2.50 bits per heavy atom. The van der Waals surface area contributed by atoms with Crippen LogP contribution in [-0.2, 0) is 14.6 Å². The molecule has 0 N–H and O–H groups in total. The van der Waals surface area contributed by atoms with Crippen LogP contribution in [-0.4, -0.2) is 21.0 Å². The third-order valence-electron chi connectivity index (χ3n) is 2.66. The lowest BCUT2D eigenvalue weighted by atomic mass is 9.94. The molecule has 0 aliphatic rings. The van der Waals surface area contributed by atoms with Gasteiger partial charge in [0.15, 0.2) is 9.84 Å². The van der Waals surface area contributed by atoms with Gasteiger partial charge in [-0.2, -0.15) is 0 Å². The summed E-state index contributed by atoms with van der Waals surface area (Å²) in [7, 11) is -3.18. The normalized spacial score (nSPS) is 13.4. The van der Waals surface area contributed by atoms with Crippen molar-refractivity contribution in [3.63, 3.8) is 0 Å². The quantitative estimate of drug-likeness (QED) is 0.757. The topological polar surface area (TPSA) is 51.2 Å². The summed E-state index contributed by atoms with van der Waals surface area (Å²) in [4.78, 5) is 10.8. The van der Waals surface area contributed by atoms with Crippen molar-refractivity contribution in [2.45, 2.75) is 31.1 Å². The van der Waals surface area contributed by atoms with Crippen LogP contribution < -0.4 is 0 Å². The first kappa shape index (κ1) is 12.9. The fourth-order valence-corrected chi connectivity index (χ4v) is 2.31. The Kier molecular flexibility index (Phi) is 3.86. The smallest absolute Gasteiger partial charge is 0.175 e. The Labute approximate surface area is 96.4 Å². The van der Waals surface area contributed by atoms with Crippen molar-refractivity contribution in [2.24, 2.45) is 0 Å². The summed E-state index contributed by atoms with van der Waals surface area (Å²) < 4.78 is 22.8. The molecule has 0 fully saturated rings. The number of benzene rings is 1. The summed E-state index contributed by atoms with van der Waals surface area (Å²) in [5.41, 5.74) is 1.94. The zero-order valence-electron chi connectivity index (χ0n) is 9.73. The first-order valence-corrected chi connectivity index (χ1v) is 6.99. The van der Waals surface area contributed by atoms with Crippen molar-refractivity contribution < 1.29 is 13.2 Å². The summed E-state index contributed by atoms with van der Waals surface area (Å²) in [5, 5.41) is 0. The van der Waals surface area contributed by atoms with E-state index in [1.165, 1.54) is 6.26 Å². The van der Waals surface area contributed by atoms with E-state index < -0.39 is 9.84 Å². The van der Waals surface area contributed by atoms with Crippen molar-refractivity contribution in [1.82, 2.24) is 0 Å². The van der Waals surface area contributed by atoms with Gasteiger partial charge in [-0.15, -0.1) is 0 Å². The van der Waals surface area contributed by atoms with E-state index in [1.807, 2.05) is 13.8 Å². The maximum absolute atomic E-state index is 11.4. The molecule has 0 radical (unpaired) electrons. The number of hydrogen-bond acceptors (Lipinski definition) is 3. The lowest BCUT2D eigenvalue weighted by molar-refractivity contribution is -0.108. The number of carbonyl (C=O) groups is 1. The van der Waals surface area contributed by atoms with Crippen LogP contribution in [0.2, 0.25) is 0 Å². The van der Waals surface area contributed by atoms with E-state index in [1.54, 1.807) is 18.2 Å². The third-order valence-corrected chi connectivity index (χ3v) is 3.77. The van der Waals surface area contributed by atoms with Gasteiger partial charge in [0, 0.05) is 12.7 Å². The number of hydrogen-bond donors (Lipinski definition) is 0. The second-order valence-corrected chi connectivity index (χ2v) is 6.11. The van der Waals surface area contributed by atoms with Gasteiger partial charge in [0.2, 0.25) is 0 Å². The molecular formula is C12H16O3S. The molecule has 16 heavy (non-hydrogen) atoms. The van der Waals surface area contributed by atoms with Crippen molar-refractivity contribution in [3.05, 3.63) is 29.3 Å². The van der Waals surface area contributed by atoms with E-state index in [0.29, 0.717) is 11.3 Å². The number of aryl methyl sites for hydroxylation is 1. The summed E-state index contributed by atoms with van der Waals surface area (Å²) in [6.07, 6.45) is 2.46. The summed E-state index contributed by atoms with van der Waals surface area (Å²) in [5.74, 6) is 0.0548. The van der Waals surface area contributed by atoms with Gasteiger partial charge in [0.05, 0.1) is 4.90 Å². The largest absolute Gasteiger partial charge is 0.303 e. The van der Waals surface area contributed by atoms with Crippen LogP contribution in [0, 0.1) is 6.92 Å². The molecule has 0 aromatic heterocycles. The number of aldehydes is 1. The van der Waals surface area contributed by atoms with Crippen molar-refractivity contribution >= 4 is 16.1 Å². The van der Waals surface area contributed by atoms with Gasteiger partial charge in [-0.3, -0.25) is 0 Å². The average Bonchev–Trinajstić information content (AvgIpc) is 2.16. The van der Waals surface area contributed by atoms with Gasteiger partial charge < -0.3 is 4.79 Å². The van der Waals surface area contributed by atoms with Gasteiger partial charge >= 0.3 is 0 Å². The minimum Gasteiger partial charge on any atom is -0.303 e. The molecule has 1 aromatic rings. The second kappa shape index (κ2) is 4.78. The van der Waals surface area contributed by atoms with Crippen molar-refractivity contribution in [3.8, 4) is 0 Å². The zero-order chi connectivity index (χ0) is 12.3. The Balaban J connectivity index is 3.24. The van der Waals surface area contributed by atoms with E-state index in [4.69, 9.17) is 0 Å². The number of rotatable bonds is 4. The molecule has 0 aliphatic carbocycles. The summed E-state index contributed by atoms with van der Waals surface area (Å²) in [6.45, 7) is 3.84. The monoisotopic (exact) mass is 240 g/mol. The predicted molar refractivity (Wildman–Crippen MR) is 63.4 cm³/mol. The average molecular weight is 240 g/mol. The van der Waals surface area contributed by atoms with E-state index in [2.05, 4.69) is 0 Å². The SMILES string of the molecule is Cc1ccc(S(C)(=O)=O)cc1C(C)CC=O. The fraction of sp³-hybridized carbons (Fsp3) is 0.417. The number of carbonyl (C=O) groups excluding carboxylic acids is 1. The third kappa shape index (κ3) is 2.92. The highest BCUT2D eigenvalue weighted by atomic mass is 32.2. The molecule has 0 aliphatic heterocycles. The number of sulfone groups is 1. The van der Waals surface area contributed by atoms with E-state index >= 15 is 0 Å². The van der Waals surface area contributed by atoms with E-state index in [0.717, 1.165) is 17.4 Å². The summed E-state index contributed by atoms with van der Waals surface area (Å²) in [6, 6.07) is 5.05. The minimum atomic E-state index is -3.18. The fourth-order valence-electron chi connectivity index (χ4n) is 1.65. The Bertz CT molecular complexity index is 489. The highest BCUT2D eigenvalue weighted by molar-refractivity contribution is 7.90. The van der Waals surface area contributed by atoms with Gasteiger partial charge in [-0.25, -0.2) is 8.42 Å². The molecule has 88 valence electrons. The maximum Gasteiger partial charge on any atom is 0.175 e. The first-order valence-electron chi connectivity index (χ1n) is 5.10. The Morgan fingerprint density at radius 2 is 2.00 bits per heavy atom. The van der Waals surface area contributed by atoms with E-state index in [9.17, 15) is 13.2 Å². The molecule has 0 saturated carbocycles. The highest BCUT2D eigenvalue weighted by Crippen LogP contribution is 2.24. The molecule has 1 unspecified atom stereocenters. The molecule has 0 amide bonds. The molecular weight excluding hydrogens is 224 g/mol. The van der Waals surface area contributed by atoms with Crippen molar-refractivity contribution in [2.75, 3.05) is 6.26 Å². The summed E-state index contributed by atoms with van der Waals surface area (Å²) >= 11 is 0. The minimum absolute atomic E-state index is 0.0548. The molecule has 0 spiro atoms. The van der Waals surface area contributed by atoms with Crippen LogP contribution in [0.1, 0.15) is 30.4 Å². The molecule has 0 bridgehead atoms. The van der Waals surface area contributed by atoms with Gasteiger partial charge in [0.25, 0.3) is 0 Å². The Hall–Kier alpha value is -1.16. The predicted octanol–water partition coefficient (Wildman–Crippen LogP) is 2.09. The van der Waals surface area contributed by atoms with Gasteiger partial charge in [-0.1, -0.05) is 13.0 Å². The van der Waals surface area contributed by atoms with E-state index in [-0.39, 0.29) is 5.92 Å². The first-order chi connectivity index (χ1) is 7.36. The standard InChI is InChI=1S/C12H16O3S/c1-9-4-5-11(16(3,14)15)8-12(9)10(2)6-7-13/h4-5,7-8,10H,6H2,1-3H3. The molecule has 0 heterocycles. The van der Waals surface area contributed by atoms with Crippen LogP contribution in [0.5, 0.6) is 0 Å². The molecule has 4 heteroatoms. The lowest BCUT2D eigenvalue weighted by Gasteiger charge is -2.13. The van der Waals surface area contributed by atoms with Crippen LogP contribution >= 0.6 is 0 Å². The molecule has 1 atom stereocenters. The lowest BCUT2D eigenvalue weighted by Crippen LogP contribution is -2.02. The van der Waals surface area contributed by atoms with Crippen LogP contribution in [0.3, 0.4) is 0 Å². The highest BCUT2D eigenvalue weighted by Gasteiger charge is 2.13. The zero-order valence-corrected chi connectivity index (χ0v) is 10.5. The maximum atomic E-state index is 11.4. The molecule has 1 rings (SSSR count). The molecule has 0 saturated heterocycles. The second-order valence-electron chi connectivity index (χ2n) is 4.09.